The van der Waals surface area contributed by atoms with Gasteiger partial charge in [-0.05, 0) is 37.8 Å². The fourth-order valence-corrected chi connectivity index (χ4v) is 5.17. The molecule has 4 rings (SSSR count). The second kappa shape index (κ2) is 10.8. The molecule has 1 saturated carbocycles. The molecule has 0 N–H and O–H groups in total. The maximum Gasteiger partial charge on any atom is 0.227 e. The fourth-order valence-electron chi connectivity index (χ4n) is 5.17. The molecule has 2 heterocycles. The van der Waals surface area contributed by atoms with Crippen molar-refractivity contribution in [1.82, 2.24) is 14.7 Å². The Hall–Kier alpha value is -2.57. The molecule has 0 aromatic heterocycles. The lowest BCUT2D eigenvalue weighted by Crippen LogP contribution is -2.54. The third kappa shape index (κ3) is 5.61. The first-order valence-electron chi connectivity index (χ1n) is 12.1. The van der Waals surface area contributed by atoms with Crippen molar-refractivity contribution in [3.63, 3.8) is 0 Å². The van der Waals surface area contributed by atoms with Crippen molar-refractivity contribution in [2.24, 2.45) is 11.8 Å². The molecule has 3 aliphatic rings. The third-order valence-corrected chi connectivity index (χ3v) is 7.06. The topological polar surface area (TPSA) is 70.2 Å². The number of hydrogen-bond acceptors (Lipinski definition) is 4. The molecule has 1 unspecified atom stereocenters. The highest BCUT2D eigenvalue weighted by molar-refractivity contribution is 5.82. The number of amides is 3. The normalized spacial score (nSPS) is 22.1. The molecule has 3 amide bonds. The van der Waals surface area contributed by atoms with Gasteiger partial charge in [0, 0.05) is 45.2 Å². The Morgan fingerprint density at radius 3 is 2.00 bits per heavy atom. The number of nitrogens with zero attached hydrogens (tertiary/aromatic N) is 3. The molecule has 1 aliphatic carbocycles. The van der Waals surface area contributed by atoms with Crippen molar-refractivity contribution in [3.8, 4) is 5.75 Å². The molecule has 1 aromatic carbocycles. The lowest BCUT2D eigenvalue weighted by atomic mass is 9.95. The first kappa shape index (κ1) is 22.6. The molecule has 0 radical (unpaired) electrons. The average molecular weight is 442 g/mol. The molecule has 32 heavy (non-hydrogen) atoms. The molecule has 0 spiro atoms. The van der Waals surface area contributed by atoms with Gasteiger partial charge in [-0.2, -0.15) is 0 Å². The first-order chi connectivity index (χ1) is 15.6. The summed E-state index contributed by atoms with van der Waals surface area (Å²) < 4.78 is 5.65. The average Bonchev–Trinajstić information content (AvgIpc) is 3.39. The monoisotopic (exact) mass is 441 g/mol. The van der Waals surface area contributed by atoms with Gasteiger partial charge in [-0.3, -0.25) is 14.4 Å². The molecular weight excluding hydrogens is 406 g/mol. The van der Waals surface area contributed by atoms with Crippen LogP contribution >= 0.6 is 0 Å². The van der Waals surface area contributed by atoms with Crippen LogP contribution in [0.1, 0.15) is 44.9 Å². The highest BCUT2D eigenvalue weighted by Gasteiger charge is 2.34. The number of piperidine rings is 1. The van der Waals surface area contributed by atoms with Gasteiger partial charge >= 0.3 is 0 Å². The minimum atomic E-state index is -0.139. The summed E-state index contributed by atoms with van der Waals surface area (Å²) in [6.07, 6.45) is 6.33. The second-order valence-corrected chi connectivity index (χ2v) is 9.22. The number of benzene rings is 1. The van der Waals surface area contributed by atoms with Crippen LogP contribution in [0.3, 0.4) is 0 Å². The SMILES string of the molecule is O=C(CCOc1ccccc1)N1CCCC(C(=O)N2CCN(C(=O)C3CCCC3)CC2)C1. The van der Waals surface area contributed by atoms with Gasteiger partial charge in [0.25, 0.3) is 0 Å². The Kier molecular flexibility index (Phi) is 7.66. The zero-order valence-corrected chi connectivity index (χ0v) is 18.9. The maximum atomic E-state index is 13.1. The van der Waals surface area contributed by atoms with Crippen molar-refractivity contribution in [1.29, 1.82) is 0 Å². The quantitative estimate of drug-likeness (QED) is 0.680. The lowest BCUT2D eigenvalue weighted by Gasteiger charge is -2.39. The minimum absolute atomic E-state index is 0.0467. The highest BCUT2D eigenvalue weighted by Crippen LogP contribution is 2.27. The molecule has 1 atom stereocenters. The zero-order chi connectivity index (χ0) is 22.3. The van der Waals surface area contributed by atoms with Crippen molar-refractivity contribution >= 4 is 17.7 Å². The predicted molar refractivity (Wildman–Crippen MR) is 121 cm³/mol. The number of rotatable bonds is 6. The molecule has 7 nitrogen and oxygen atoms in total. The maximum absolute atomic E-state index is 13.1. The van der Waals surface area contributed by atoms with Gasteiger partial charge < -0.3 is 19.4 Å². The van der Waals surface area contributed by atoms with E-state index < -0.39 is 0 Å². The summed E-state index contributed by atoms with van der Waals surface area (Å²) in [6.45, 7) is 4.01. The predicted octanol–water partition coefficient (Wildman–Crippen LogP) is 2.56. The van der Waals surface area contributed by atoms with Crippen LogP contribution < -0.4 is 4.74 Å². The van der Waals surface area contributed by atoms with Crippen LogP contribution in [-0.2, 0) is 14.4 Å². The van der Waals surface area contributed by atoms with Crippen LogP contribution in [0.4, 0.5) is 0 Å². The fraction of sp³-hybridized carbons (Fsp3) is 0.640. The van der Waals surface area contributed by atoms with Gasteiger partial charge in [-0.25, -0.2) is 0 Å². The zero-order valence-electron chi connectivity index (χ0n) is 18.9. The standard InChI is InChI=1S/C25H35N3O4/c29-23(12-18-32-22-10-2-1-3-11-22)28-13-6-9-21(19-28)25(31)27-16-14-26(15-17-27)24(30)20-7-4-5-8-20/h1-3,10-11,20-21H,4-9,12-19H2. The van der Waals surface area contributed by atoms with E-state index in [9.17, 15) is 14.4 Å². The van der Waals surface area contributed by atoms with E-state index in [0.717, 1.165) is 44.3 Å². The van der Waals surface area contributed by atoms with Crippen molar-refractivity contribution in [2.45, 2.75) is 44.9 Å². The summed E-state index contributed by atoms with van der Waals surface area (Å²) in [7, 11) is 0. The Morgan fingerprint density at radius 1 is 0.750 bits per heavy atom. The van der Waals surface area contributed by atoms with Gasteiger partial charge in [-0.15, -0.1) is 0 Å². The second-order valence-electron chi connectivity index (χ2n) is 9.22. The molecule has 174 valence electrons. The summed E-state index contributed by atoms with van der Waals surface area (Å²) in [6, 6.07) is 9.49. The van der Waals surface area contributed by atoms with E-state index in [1.54, 1.807) is 0 Å². The van der Waals surface area contributed by atoms with E-state index in [1.807, 2.05) is 45.0 Å². The summed E-state index contributed by atoms with van der Waals surface area (Å²) in [5, 5.41) is 0. The van der Waals surface area contributed by atoms with Crippen molar-refractivity contribution < 1.29 is 19.1 Å². The number of para-hydroxylation sites is 1. The van der Waals surface area contributed by atoms with Gasteiger partial charge in [0.1, 0.15) is 5.75 Å². The van der Waals surface area contributed by atoms with Crippen LogP contribution in [-0.4, -0.2) is 78.3 Å². The Balaban J connectivity index is 1.21. The number of carbonyl (C=O) groups is 3. The Morgan fingerprint density at radius 2 is 1.34 bits per heavy atom. The van der Waals surface area contributed by atoms with E-state index in [-0.39, 0.29) is 29.6 Å². The van der Waals surface area contributed by atoms with Gasteiger partial charge in [0.15, 0.2) is 0 Å². The number of piperazine rings is 1. The molecule has 7 heteroatoms. The van der Waals surface area contributed by atoms with E-state index >= 15 is 0 Å². The third-order valence-electron chi connectivity index (χ3n) is 7.06. The van der Waals surface area contributed by atoms with E-state index in [2.05, 4.69) is 0 Å². The van der Waals surface area contributed by atoms with Gasteiger partial charge in [0.2, 0.25) is 17.7 Å². The molecule has 0 bridgehead atoms. The van der Waals surface area contributed by atoms with Crippen LogP contribution in [0.15, 0.2) is 30.3 Å². The molecule has 1 aromatic rings. The first-order valence-corrected chi connectivity index (χ1v) is 12.1. The number of likely N-dealkylation sites (tertiary alicyclic amines) is 1. The molecule has 2 aliphatic heterocycles. The summed E-state index contributed by atoms with van der Waals surface area (Å²) in [5.74, 6) is 1.28. The van der Waals surface area contributed by atoms with Gasteiger partial charge in [0.05, 0.1) is 18.9 Å². The van der Waals surface area contributed by atoms with E-state index in [1.165, 1.54) is 0 Å². The Labute approximate surface area is 190 Å². The molecular formula is C25H35N3O4. The van der Waals surface area contributed by atoms with Crippen LogP contribution in [0.2, 0.25) is 0 Å². The summed E-state index contributed by atoms with van der Waals surface area (Å²) >= 11 is 0. The summed E-state index contributed by atoms with van der Waals surface area (Å²) in [4.78, 5) is 44.1. The smallest absolute Gasteiger partial charge is 0.227 e. The largest absolute Gasteiger partial charge is 0.493 e. The summed E-state index contributed by atoms with van der Waals surface area (Å²) in [5.41, 5.74) is 0. The van der Waals surface area contributed by atoms with Crippen molar-refractivity contribution in [3.05, 3.63) is 30.3 Å². The number of carbonyl (C=O) groups excluding carboxylic acids is 3. The van der Waals surface area contributed by atoms with Gasteiger partial charge in [-0.1, -0.05) is 31.0 Å². The van der Waals surface area contributed by atoms with E-state index in [4.69, 9.17) is 4.74 Å². The Bertz CT molecular complexity index is 786. The van der Waals surface area contributed by atoms with Crippen LogP contribution in [0, 0.1) is 11.8 Å². The van der Waals surface area contributed by atoms with E-state index in [0.29, 0.717) is 52.3 Å². The van der Waals surface area contributed by atoms with Crippen LogP contribution in [0.5, 0.6) is 5.75 Å². The number of ether oxygens (including phenoxy) is 1. The molecule has 2 saturated heterocycles. The van der Waals surface area contributed by atoms with Crippen LogP contribution in [0.25, 0.3) is 0 Å². The molecule has 3 fully saturated rings. The minimum Gasteiger partial charge on any atom is -0.493 e. The highest BCUT2D eigenvalue weighted by atomic mass is 16.5. The lowest BCUT2D eigenvalue weighted by molar-refractivity contribution is -0.146. The van der Waals surface area contributed by atoms with Crippen molar-refractivity contribution in [2.75, 3.05) is 45.9 Å². The number of hydrogen-bond donors (Lipinski definition) is 0.